The van der Waals surface area contributed by atoms with Crippen LogP contribution in [0.4, 0.5) is 0 Å². The van der Waals surface area contributed by atoms with Crippen LogP contribution in [0.1, 0.15) is 35.6 Å². The van der Waals surface area contributed by atoms with E-state index in [1.165, 1.54) is 11.3 Å². The minimum Gasteiger partial charge on any atom is -0.372 e. The Balaban J connectivity index is 1.39. The van der Waals surface area contributed by atoms with Crippen molar-refractivity contribution in [2.24, 2.45) is 0 Å². The lowest BCUT2D eigenvalue weighted by atomic mass is 10.1. The van der Waals surface area contributed by atoms with Crippen molar-refractivity contribution in [3.63, 3.8) is 0 Å². The highest BCUT2D eigenvalue weighted by atomic mass is 32.1. The molecule has 0 radical (unpaired) electrons. The van der Waals surface area contributed by atoms with Gasteiger partial charge in [-0.1, -0.05) is 6.07 Å². The van der Waals surface area contributed by atoms with Crippen LogP contribution in [0, 0.1) is 0 Å². The molecule has 0 bridgehead atoms. The van der Waals surface area contributed by atoms with Crippen LogP contribution in [0.2, 0.25) is 0 Å². The number of amides is 1. The third-order valence-corrected chi connectivity index (χ3v) is 6.22. The molecule has 1 aliphatic rings. The molecule has 2 atom stereocenters. The zero-order valence-electron chi connectivity index (χ0n) is 17.7. The third kappa shape index (κ3) is 3.93. The maximum atomic E-state index is 13.4. The van der Waals surface area contributed by atoms with Crippen LogP contribution in [0.25, 0.3) is 16.0 Å². The summed E-state index contributed by atoms with van der Waals surface area (Å²) in [4.78, 5) is 22.9. The normalized spacial score (nSPS) is 19.7. The molecule has 5 rings (SSSR count). The van der Waals surface area contributed by atoms with Gasteiger partial charge in [0.25, 0.3) is 5.91 Å². The van der Waals surface area contributed by atoms with Gasteiger partial charge in [-0.3, -0.25) is 14.1 Å². The van der Waals surface area contributed by atoms with E-state index in [1.54, 1.807) is 0 Å². The van der Waals surface area contributed by atoms with Crippen molar-refractivity contribution < 1.29 is 14.2 Å². The predicted octanol–water partition coefficient (Wildman–Crippen LogP) is 2.81. The molecule has 1 aromatic carbocycles. The number of imidazole rings is 1. The van der Waals surface area contributed by atoms with E-state index in [0.717, 1.165) is 27.3 Å². The number of fused-ring (bicyclic) bond motifs is 2. The van der Waals surface area contributed by atoms with Gasteiger partial charge in [0, 0.05) is 37.8 Å². The summed E-state index contributed by atoms with van der Waals surface area (Å²) in [7, 11) is 2.03. The Bertz CT molecular complexity index is 1220. The summed E-state index contributed by atoms with van der Waals surface area (Å²) in [6, 6.07) is 5.89. The highest BCUT2D eigenvalue weighted by Crippen LogP contribution is 2.23. The Morgan fingerprint density at radius 1 is 1.19 bits per heavy atom. The second-order valence-electron chi connectivity index (χ2n) is 8.19. The van der Waals surface area contributed by atoms with Crippen molar-refractivity contribution in [2.75, 3.05) is 20.1 Å². The maximum Gasteiger partial charge on any atom is 0.274 e. The smallest absolute Gasteiger partial charge is 0.274 e. The Labute approximate surface area is 183 Å². The van der Waals surface area contributed by atoms with Crippen molar-refractivity contribution in [3.05, 3.63) is 46.7 Å². The SMILES string of the molecule is C[C@@H]1CN(C(=O)c2nc3sccn3c2CN(C)Cc2ccc3nonc3c2)C[C@H](C)O1. The van der Waals surface area contributed by atoms with Crippen LogP contribution < -0.4 is 0 Å². The molecule has 1 amide bonds. The molecule has 1 saturated heterocycles. The van der Waals surface area contributed by atoms with Gasteiger partial charge in [-0.25, -0.2) is 9.61 Å². The summed E-state index contributed by atoms with van der Waals surface area (Å²) in [5, 5.41) is 9.76. The third-order valence-electron chi connectivity index (χ3n) is 5.46. The van der Waals surface area contributed by atoms with Gasteiger partial charge in [0.05, 0.1) is 17.9 Å². The first-order valence-corrected chi connectivity index (χ1v) is 11.1. The Morgan fingerprint density at radius 2 is 1.97 bits per heavy atom. The van der Waals surface area contributed by atoms with Gasteiger partial charge in [-0.05, 0) is 48.9 Å². The Hall–Kier alpha value is -2.82. The molecule has 0 N–H and O–H groups in total. The number of thiazole rings is 1. The first-order chi connectivity index (χ1) is 15.0. The van der Waals surface area contributed by atoms with E-state index in [4.69, 9.17) is 9.37 Å². The van der Waals surface area contributed by atoms with E-state index in [-0.39, 0.29) is 18.1 Å². The maximum absolute atomic E-state index is 13.4. The van der Waals surface area contributed by atoms with Crippen LogP contribution in [0.5, 0.6) is 0 Å². The average molecular weight is 441 g/mol. The molecular formula is C21H24N6O3S. The number of nitrogens with zero attached hydrogens (tertiary/aromatic N) is 6. The van der Waals surface area contributed by atoms with E-state index >= 15 is 0 Å². The molecule has 0 saturated carbocycles. The number of ether oxygens (including phenoxy) is 1. The second-order valence-corrected chi connectivity index (χ2v) is 9.06. The molecule has 4 aromatic rings. The van der Waals surface area contributed by atoms with E-state index in [0.29, 0.717) is 31.9 Å². The number of carbonyl (C=O) groups is 1. The molecule has 0 spiro atoms. The highest BCUT2D eigenvalue weighted by molar-refractivity contribution is 7.15. The Kier molecular flexibility index (Phi) is 5.20. The van der Waals surface area contributed by atoms with Crippen molar-refractivity contribution >= 4 is 33.2 Å². The van der Waals surface area contributed by atoms with Crippen molar-refractivity contribution in [1.82, 2.24) is 29.5 Å². The van der Waals surface area contributed by atoms with Crippen LogP contribution >= 0.6 is 11.3 Å². The first-order valence-electron chi connectivity index (χ1n) is 10.3. The lowest BCUT2D eigenvalue weighted by molar-refractivity contribution is -0.0587. The zero-order valence-corrected chi connectivity index (χ0v) is 18.5. The standard InChI is InChI=1S/C21H24N6O3S/c1-13-9-26(10-14(2)29-13)20(28)19-18(27-6-7-31-21(27)22-19)12-25(3)11-15-4-5-16-17(8-15)24-30-23-16/h4-8,13-14H,9-12H2,1-3H3/t13-,14+. The molecule has 0 aliphatic carbocycles. The number of rotatable bonds is 5. The van der Waals surface area contributed by atoms with E-state index in [2.05, 4.69) is 20.2 Å². The predicted molar refractivity (Wildman–Crippen MR) is 116 cm³/mol. The van der Waals surface area contributed by atoms with Gasteiger partial charge in [-0.2, -0.15) is 0 Å². The minimum absolute atomic E-state index is 0.0171. The van der Waals surface area contributed by atoms with Crippen molar-refractivity contribution in [1.29, 1.82) is 0 Å². The van der Waals surface area contributed by atoms with Crippen molar-refractivity contribution in [3.8, 4) is 0 Å². The quantitative estimate of drug-likeness (QED) is 0.471. The molecular weight excluding hydrogens is 416 g/mol. The largest absolute Gasteiger partial charge is 0.372 e. The lowest BCUT2D eigenvalue weighted by Crippen LogP contribution is -2.48. The van der Waals surface area contributed by atoms with E-state index in [1.807, 2.05) is 60.0 Å². The molecule has 162 valence electrons. The summed E-state index contributed by atoms with van der Waals surface area (Å²) >= 11 is 1.53. The minimum atomic E-state index is -0.0311. The second kappa shape index (κ2) is 8.03. The summed E-state index contributed by atoms with van der Waals surface area (Å²) < 4.78 is 12.6. The van der Waals surface area contributed by atoms with Crippen LogP contribution in [0.15, 0.2) is 34.4 Å². The monoisotopic (exact) mass is 440 g/mol. The summed E-state index contributed by atoms with van der Waals surface area (Å²) in [6.45, 7) is 6.43. The number of morpholine rings is 1. The molecule has 10 heteroatoms. The van der Waals surface area contributed by atoms with Crippen LogP contribution in [-0.2, 0) is 17.8 Å². The molecule has 0 unspecified atom stereocenters. The van der Waals surface area contributed by atoms with E-state index < -0.39 is 0 Å². The number of benzene rings is 1. The molecule has 31 heavy (non-hydrogen) atoms. The van der Waals surface area contributed by atoms with Gasteiger partial charge >= 0.3 is 0 Å². The summed E-state index contributed by atoms with van der Waals surface area (Å²) in [6.07, 6.45) is 2.01. The summed E-state index contributed by atoms with van der Waals surface area (Å²) in [5.74, 6) is -0.0311. The fraction of sp³-hybridized carbons (Fsp3) is 0.429. The van der Waals surface area contributed by atoms with Crippen LogP contribution in [-0.4, -0.2) is 67.8 Å². The lowest BCUT2D eigenvalue weighted by Gasteiger charge is -2.35. The Morgan fingerprint density at radius 3 is 2.77 bits per heavy atom. The molecule has 3 aromatic heterocycles. The average Bonchev–Trinajstić information content (AvgIpc) is 3.43. The topological polar surface area (TPSA) is 89.0 Å². The summed E-state index contributed by atoms with van der Waals surface area (Å²) in [5.41, 5.74) is 4.00. The van der Waals surface area contributed by atoms with Crippen molar-refractivity contribution in [2.45, 2.75) is 39.1 Å². The fourth-order valence-corrected chi connectivity index (χ4v) is 4.93. The van der Waals surface area contributed by atoms with E-state index in [9.17, 15) is 4.79 Å². The van der Waals surface area contributed by atoms with Gasteiger partial charge in [0.2, 0.25) is 0 Å². The van der Waals surface area contributed by atoms with Crippen LogP contribution in [0.3, 0.4) is 0 Å². The number of hydrogen-bond acceptors (Lipinski definition) is 8. The number of hydrogen-bond donors (Lipinski definition) is 0. The van der Waals surface area contributed by atoms with Gasteiger partial charge in [0.1, 0.15) is 11.0 Å². The zero-order chi connectivity index (χ0) is 21.5. The first kappa shape index (κ1) is 20.1. The molecule has 1 fully saturated rings. The molecule has 4 heterocycles. The van der Waals surface area contributed by atoms with Gasteiger partial charge in [-0.15, -0.1) is 11.3 Å². The number of aromatic nitrogens is 4. The molecule has 1 aliphatic heterocycles. The molecule has 9 nitrogen and oxygen atoms in total. The fourth-order valence-electron chi connectivity index (χ4n) is 4.20. The number of carbonyl (C=O) groups excluding carboxylic acids is 1. The highest BCUT2D eigenvalue weighted by Gasteiger charge is 2.30. The van der Waals surface area contributed by atoms with Gasteiger partial charge in [0.15, 0.2) is 10.7 Å². The van der Waals surface area contributed by atoms with Gasteiger partial charge < -0.3 is 9.64 Å².